The molecular formula is C11H8NO3-. The largest absolute Gasteiger partial charge is 0.733 e. The lowest BCUT2D eigenvalue weighted by Crippen LogP contribution is -2.08. The van der Waals surface area contributed by atoms with E-state index in [-0.39, 0.29) is 10.9 Å². The maximum absolute atomic E-state index is 10.9. The van der Waals surface area contributed by atoms with E-state index in [1.54, 1.807) is 30.3 Å². The van der Waals surface area contributed by atoms with Crippen molar-refractivity contribution in [1.82, 2.24) is 0 Å². The van der Waals surface area contributed by atoms with Crippen LogP contribution in [0.5, 0.6) is 0 Å². The van der Waals surface area contributed by atoms with Crippen LogP contribution in [0, 0.1) is 5.21 Å². The molecule has 4 heteroatoms. The third kappa shape index (κ3) is 1.56. The summed E-state index contributed by atoms with van der Waals surface area (Å²) in [6.07, 6.45) is 0.662. The second kappa shape index (κ2) is 3.68. The molecule has 0 atom stereocenters. The average Bonchev–Trinajstić information content (AvgIpc) is 2.27. The van der Waals surface area contributed by atoms with Crippen molar-refractivity contribution in [1.29, 1.82) is 0 Å². The Morgan fingerprint density at radius 1 is 1.20 bits per heavy atom. The fourth-order valence-electron chi connectivity index (χ4n) is 1.61. The van der Waals surface area contributed by atoms with Gasteiger partial charge in [-0.3, -0.25) is 10.0 Å². The summed E-state index contributed by atoms with van der Waals surface area (Å²) < 4.78 is 0. The van der Waals surface area contributed by atoms with E-state index >= 15 is 0 Å². The van der Waals surface area contributed by atoms with Crippen LogP contribution >= 0.6 is 0 Å². The zero-order chi connectivity index (χ0) is 10.8. The van der Waals surface area contributed by atoms with Gasteiger partial charge in [0, 0.05) is 10.9 Å². The number of anilines is 1. The quantitative estimate of drug-likeness (QED) is 0.599. The molecule has 0 fully saturated rings. The molecule has 2 aromatic rings. The van der Waals surface area contributed by atoms with E-state index in [0.29, 0.717) is 17.2 Å². The minimum atomic E-state index is -0.227. The maximum Gasteiger partial charge on any atom is 0.150 e. The molecule has 0 aliphatic rings. The number of carbonyl (C=O) groups excluding carboxylic acids is 1. The van der Waals surface area contributed by atoms with Crippen LogP contribution in [0.4, 0.5) is 5.69 Å². The third-order valence-electron chi connectivity index (χ3n) is 2.25. The molecule has 4 nitrogen and oxygen atoms in total. The number of benzene rings is 2. The maximum atomic E-state index is 10.9. The second-order valence-corrected chi connectivity index (χ2v) is 3.11. The van der Waals surface area contributed by atoms with Crippen LogP contribution in [0.2, 0.25) is 0 Å². The second-order valence-electron chi connectivity index (χ2n) is 3.11. The van der Waals surface area contributed by atoms with Crippen LogP contribution in [-0.4, -0.2) is 11.5 Å². The standard InChI is InChI=1S/C11H8NO3/c13-7-9-5-1-3-8-4-2-6-10(11(8)9)12(14)15/h1-7,14H/q-1. The normalized spacial score (nSPS) is 10.3. The van der Waals surface area contributed by atoms with Crippen molar-refractivity contribution in [2.45, 2.75) is 0 Å². The Kier molecular flexibility index (Phi) is 2.37. The van der Waals surface area contributed by atoms with E-state index in [1.165, 1.54) is 6.07 Å². The molecule has 0 aliphatic carbocycles. The highest BCUT2D eigenvalue weighted by Gasteiger charge is 2.05. The van der Waals surface area contributed by atoms with Crippen molar-refractivity contribution in [3.63, 3.8) is 0 Å². The Morgan fingerprint density at radius 2 is 1.87 bits per heavy atom. The van der Waals surface area contributed by atoms with Gasteiger partial charge in [-0.15, -0.1) is 0 Å². The minimum absolute atomic E-state index is 0.0789. The van der Waals surface area contributed by atoms with E-state index in [2.05, 4.69) is 0 Å². The smallest absolute Gasteiger partial charge is 0.150 e. The lowest BCUT2D eigenvalue weighted by Gasteiger charge is -2.23. The lowest BCUT2D eigenvalue weighted by molar-refractivity contribution is 0.112. The van der Waals surface area contributed by atoms with Crippen molar-refractivity contribution in [2.24, 2.45) is 0 Å². The highest BCUT2D eigenvalue weighted by atomic mass is 16.8. The van der Waals surface area contributed by atoms with Crippen molar-refractivity contribution >= 4 is 22.7 Å². The van der Waals surface area contributed by atoms with E-state index in [1.807, 2.05) is 0 Å². The number of carbonyl (C=O) groups is 1. The van der Waals surface area contributed by atoms with Crippen LogP contribution in [-0.2, 0) is 0 Å². The van der Waals surface area contributed by atoms with Gasteiger partial charge in [-0.25, -0.2) is 0 Å². The van der Waals surface area contributed by atoms with Crippen molar-refractivity contribution in [3.8, 4) is 0 Å². The Hall–Kier alpha value is -1.91. The number of fused-ring (bicyclic) bond motifs is 1. The molecule has 0 saturated heterocycles. The molecule has 0 aromatic heterocycles. The predicted octanol–water partition coefficient (Wildman–Crippen LogP) is 2.35. The van der Waals surface area contributed by atoms with E-state index in [9.17, 15) is 10.0 Å². The van der Waals surface area contributed by atoms with Crippen LogP contribution < -0.4 is 5.23 Å². The Balaban J connectivity index is 2.87. The molecule has 0 bridgehead atoms. The number of rotatable bonds is 2. The molecule has 2 aromatic carbocycles. The predicted molar refractivity (Wildman–Crippen MR) is 57.0 cm³/mol. The molecule has 0 spiro atoms. The first kappa shape index (κ1) is 9.64. The van der Waals surface area contributed by atoms with E-state index in [0.717, 1.165) is 5.39 Å². The number of aldehydes is 1. The van der Waals surface area contributed by atoms with Gasteiger partial charge in [-0.05, 0) is 11.5 Å². The molecule has 1 N–H and O–H groups in total. The van der Waals surface area contributed by atoms with Crippen molar-refractivity contribution in [3.05, 3.63) is 47.2 Å². The van der Waals surface area contributed by atoms with E-state index < -0.39 is 0 Å². The summed E-state index contributed by atoms with van der Waals surface area (Å²) in [5.41, 5.74) is 0.466. The first-order valence-corrected chi connectivity index (χ1v) is 4.37. The Bertz CT molecular complexity index is 503. The molecular weight excluding hydrogens is 194 g/mol. The molecule has 0 radical (unpaired) electrons. The van der Waals surface area contributed by atoms with Gasteiger partial charge in [-0.2, -0.15) is 0 Å². The summed E-state index contributed by atoms with van der Waals surface area (Å²) in [6.45, 7) is 0. The highest BCUT2D eigenvalue weighted by molar-refractivity contribution is 6.05. The molecule has 0 heterocycles. The minimum Gasteiger partial charge on any atom is -0.733 e. The monoisotopic (exact) mass is 202 g/mol. The van der Waals surface area contributed by atoms with Crippen LogP contribution in [0.1, 0.15) is 10.4 Å². The van der Waals surface area contributed by atoms with Crippen molar-refractivity contribution in [2.75, 3.05) is 5.23 Å². The van der Waals surface area contributed by atoms with Gasteiger partial charge in [0.25, 0.3) is 0 Å². The van der Waals surface area contributed by atoms with Gasteiger partial charge < -0.3 is 10.4 Å². The molecule has 76 valence electrons. The van der Waals surface area contributed by atoms with Crippen LogP contribution in [0.15, 0.2) is 36.4 Å². The topological polar surface area (TPSA) is 63.6 Å². The first-order valence-electron chi connectivity index (χ1n) is 4.37. The van der Waals surface area contributed by atoms with Gasteiger partial charge in [0.1, 0.15) is 0 Å². The van der Waals surface area contributed by atoms with Gasteiger partial charge in [0.15, 0.2) is 6.29 Å². The van der Waals surface area contributed by atoms with E-state index in [4.69, 9.17) is 5.21 Å². The fourth-order valence-corrected chi connectivity index (χ4v) is 1.61. The first-order chi connectivity index (χ1) is 7.24. The zero-order valence-corrected chi connectivity index (χ0v) is 7.75. The fraction of sp³-hybridized carbons (Fsp3) is 0. The summed E-state index contributed by atoms with van der Waals surface area (Å²) >= 11 is 0. The third-order valence-corrected chi connectivity index (χ3v) is 2.25. The van der Waals surface area contributed by atoms with Crippen molar-refractivity contribution < 1.29 is 10.0 Å². The summed E-state index contributed by atoms with van der Waals surface area (Å²) in [6, 6.07) is 9.98. The number of hydrogen-bond acceptors (Lipinski definition) is 4. The SMILES string of the molecule is O=Cc1cccc2cccc(N([O-])O)c12. The Morgan fingerprint density at radius 3 is 2.47 bits per heavy atom. The molecule has 0 saturated carbocycles. The molecule has 0 unspecified atom stereocenters. The zero-order valence-electron chi connectivity index (χ0n) is 7.75. The lowest BCUT2D eigenvalue weighted by atomic mass is 10.0. The summed E-state index contributed by atoms with van der Waals surface area (Å²) in [5, 5.41) is 20.8. The summed E-state index contributed by atoms with van der Waals surface area (Å²) in [4.78, 5) is 10.8. The molecule has 15 heavy (non-hydrogen) atoms. The van der Waals surface area contributed by atoms with Gasteiger partial charge in [0.05, 0.1) is 5.69 Å². The molecule has 2 rings (SSSR count). The van der Waals surface area contributed by atoms with Crippen LogP contribution in [0.3, 0.4) is 0 Å². The van der Waals surface area contributed by atoms with Gasteiger partial charge >= 0.3 is 0 Å². The highest BCUT2D eigenvalue weighted by Crippen LogP contribution is 2.27. The number of hydrogen-bond donors (Lipinski definition) is 1. The summed E-state index contributed by atoms with van der Waals surface area (Å²) in [7, 11) is 0. The Labute approximate surface area is 85.9 Å². The molecule has 0 aliphatic heterocycles. The van der Waals surface area contributed by atoms with Gasteiger partial charge in [-0.1, -0.05) is 30.3 Å². The number of nitrogens with zero attached hydrogens (tertiary/aromatic N) is 1. The molecule has 0 amide bonds. The average molecular weight is 202 g/mol. The summed E-state index contributed by atoms with van der Waals surface area (Å²) in [5.74, 6) is 0. The van der Waals surface area contributed by atoms with Gasteiger partial charge in [0.2, 0.25) is 0 Å². The van der Waals surface area contributed by atoms with Crippen LogP contribution in [0.25, 0.3) is 10.8 Å².